The number of carbonyl (C=O) groups excluding carboxylic acids is 1. The number of aromatic nitrogens is 3. The number of alkyl halides is 3. The predicted molar refractivity (Wildman–Crippen MR) is 137 cm³/mol. The molecule has 2 aromatic carbocycles. The van der Waals surface area contributed by atoms with E-state index in [1.165, 1.54) is 69.0 Å². The predicted octanol–water partition coefficient (Wildman–Crippen LogP) is 4.98. The summed E-state index contributed by atoms with van der Waals surface area (Å²) in [5.41, 5.74) is -0.963. The minimum atomic E-state index is -4.89. The van der Waals surface area contributed by atoms with Crippen molar-refractivity contribution < 1.29 is 35.5 Å². The topological polar surface area (TPSA) is 126 Å². The maximum Gasteiger partial charge on any atom is 0.419 e. The molecule has 4 rings (SSSR count). The average molecular weight is 577 g/mol. The fourth-order valence-corrected chi connectivity index (χ4v) is 4.51. The number of benzene rings is 2. The molecular formula is C25H20F4N6O4S. The number of anilines is 3. The van der Waals surface area contributed by atoms with Crippen molar-refractivity contribution in [2.24, 2.45) is 0 Å². The van der Waals surface area contributed by atoms with Crippen LogP contribution in [0.3, 0.4) is 0 Å². The molecule has 2 amide bonds. The van der Waals surface area contributed by atoms with Crippen molar-refractivity contribution in [1.82, 2.24) is 20.3 Å². The molecule has 0 saturated heterocycles. The first kappa shape index (κ1) is 28.2. The second-order valence-electron chi connectivity index (χ2n) is 8.00. The first-order valence-electron chi connectivity index (χ1n) is 11.3. The molecule has 0 radical (unpaired) electrons. The van der Waals surface area contributed by atoms with Crippen LogP contribution in [-0.2, 0) is 16.2 Å². The van der Waals surface area contributed by atoms with Crippen LogP contribution in [0.2, 0.25) is 0 Å². The second-order valence-corrected chi connectivity index (χ2v) is 9.68. The van der Waals surface area contributed by atoms with E-state index in [0.29, 0.717) is 12.1 Å². The Morgan fingerprint density at radius 2 is 1.65 bits per heavy atom. The Labute approximate surface area is 225 Å². The van der Waals surface area contributed by atoms with Crippen molar-refractivity contribution in [2.45, 2.75) is 11.1 Å². The molecule has 2 N–H and O–H groups in total. The number of amides is 2. The van der Waals surface area contributed by atoms with Crippen molar-refractivity contribution in [3.63, 3.8) is 0 Å². The van der Waals surface area contributed by atoms with Gasteiger partial charge in [0.25, 0.3) is 10.0 Å². The lowest BCUT2D eigenvalue weighted by Crippen LogP contribution is -2.35. The fraction of sp³-hybridized carbons (Fsp3) is 0.120. The number of methoxy groups -OCH3 is 1. The summed E-state index contributed by atoms with van der Waals surface area (Å²) in [7, 11) is -1.45. The average Bonchev–Trinajstić information content (AvgIpc) is 2.93. The van der Waals surface area contributed by atoms with E-state index in [0.717, 1.165) is 11.1 Å². The number of rotatable bonds is 7. The number of halogens is 4. The van der Waals surface area contributed by atoms with Crippen LogP contribution in [0, 0.1) is 5.82 Å². The van der Waals surface area contributed by atoms with Gasteiger partial charge in [-0.05, 0) is 53.6 Å². The summed E-state index contributed by atoms with van der Waals surface area (Å²) in [6, 6.07) is 10.1. The van der Waals surface area contributed by atoms with Gasteiger partial charge < -0.3 is 10.1 Å². The molecule has 0 aliphatic carbocycles. The highest BCUT2D eigenvalue weighted by Crippen LogP contribution is 2.39. The Morgan fingerprint density at radius 1 is 0.975 bits per heavy atom. The van der Waals surface area contributed by atoms with Crippen molar-refractivity contribution in [3.05, 3.63) is 84.6 Å². The number of hydrogen-bond donors (Lipinski definition) is 2. The lowest BCUT2D eigenvalue weighted by atomic mass is 10.0. The van der Waals surface area contributed by atoms with Gasteiger partial charge in [-0.2, -0.15) is 13.2 Å². The molecule has 208 valence electrons. The van der Waals surface area contributed by atoms with Crippen LogP contribution in [0.15, 0.2) is 78.1 Å². The maximum absolute atomic E-state index is 13.8. The molecule has 0 aliphatic heterocycles. The summed E-state index contributed by atoms with van der Waals surface area (Å²) in [6.45, 7) is 0. The summed E-state index contributed by atoms with van der Waals surface area (Å²) in [6.07, 6.45) is -1.15. The quantitative estimate of drug-likeness (QED) is 0.297. The van der Waals surface area contributed by atoms with Crippen molar-refractivity contribution in [2.75, 3.05) is 23.8 Å². The summed E-state index contributed by atoms with van der Waals surface area (Å²) in [5, 5.41) is 2.45. The third-order valence-corrected chi connectivity index (χ3v) is 6.81. The van der Waals surface area contributed by atoms with Crippen LogP contribution < -0.4 is 19.7 Å². The van der Waals surface area contributed by atoms with E-state index in [1.807, 2.05) is 0 Å². The van der Waals surface area contributed by atoms with Gasteiger partial charge in [-0.3, -0.25) is 0 Å². The van der Waals surface area contributed by atoms with Gasteiger partial charge in [0.05, 0.1) is 18.4 Å². The molecule has 0 aliphatic rings. The van der Waals surface area contributed by atoms with E-state index in [1.54, 1.807) is 0 Å². The van der Waals surface area contributed by atoms with Crippen LogP contribution in [0.1, 0.15) is 5.56 Å². The first-order chi connectivity index (χ1) is 18.9. The molecule has 2 aromatic heterocycles. The number of urea groups is 1. The van der Waals surface area contributed by atoms with Gasteiger partial charge in [-0.1, -0.05) is 12.1 Å². The number of sulfonamides is 1. The molecule has 0 unspecified atom stereocenters. The van der Waals surface area contributed by atoms with E-state index < -0.39 is 33.6 Å². The number of hydrogen-bond acceptors (Lipinski definition) is 7. The number of nitrogens with one attached hydrogen (secondary N) is 2. The molecule has 15 heteroatoms. The Bertz CT molecular complexity index is 1640. The van der Waals surface area contributed by atoms with Crippen molar-refractivity contribution in [1.29, 1.82) is 0 Å². The highest BCUT2D eigenvalue weighted by molar-refractivity contribution is 7.92. The molecular weight excluding hydrogens is 556 g/mol. The van der Waals surface area contributed by atoms with Crippen molar-refractivity contribution in [3.8, 4) is 16.9 Å². The molecule has 10 nitrogen and oxygen atoms in total. The minimum absolute atomic E-state index is 0.00134. The van der Waals surface area contributed by atoms with Gasteiger partial charge in [0.2, 0.25) is 5.95 Å². The molecule has 40 heavy (non-hydrogen) atoms. The zero-order valence-corrected chi connectivity index (χ0v) is 21.6. The Hall–Kier alpha value is -4.79. The van der Waals surface area contributed by atoms with E-state index in [9.17, 15) is 30.8 Å². The molecule has 4 aromatic rings. The first-order valence-corrected chi connectivity index (χ1v) is 12.8. The summed E-state index contributed by atoms with van der Waals surface area (Å²) in [5.74, 6) is -1.48. The minimum Gasteiger partial charge on any atom is -0.495 e. The SMILES string of the molecule is CNC(=O)N(c1ccc(S(=O)(=O)Nc2ncccn2)cn1)c1ccc(-c2ccc(F)c(C(F)(F)F)c2)cc1OC. The van der Waals surface area contributed by atoms with Gasteiger partial charge in [-0.15, -0.1) is 0 Å². The number of nitrogens with zero attached hydrogens (tertiary/aromatic N) is 4. The lowest BCUT2D eigenvalue weighted by Gasteiger charge is -2.24. The molecule has 2 heterocycles. The summed E-state index contributed by atoms with van der Waals surface area (Å²) < 4.78 is 86.4. The zero-order chi connectivity index (χ0) is 29.1. The standard InChI is InChI=1S/C25H20F4N6O4S/c1-30-24(36)35(22-9-6-17(14-33-22)40(37,38)34-23-31-10-3-11-32-23)20-8-5-16(13-21(20)39-2)15-4-7-19(26)18(12-15)25(27,28)29/h3-14H,1-2H3,(H,30,36)(H,31,32,34). The van der Waals surface area contributed by atoms with Gasteiger partial charge in [0.15, 0.2) is 0 Å². The highest BCUT2D eigenvalue weighted by atomic mass is 32.2. The van der Waals surface area contributed by atoms with E-state index in [2.05, 4.69) is 25.0 Å². The van der Waals surface area contributed by atoms with Crippen LogP contribution in [0.5, 0.6) is 5.75 Å². The third-order valence-electron chi connectivity index (χ3n) is 5.49. The number of carbonyl (C=O) groups is 1. The van der Waals surface area contributed by atoms with Crippen LogP contribution in [0.25, 0.3) is 11.1 Å². The van der Waals surface area contributed by atoms with E-state index in [4.69, 9.17) is 4.74 Å². The third kappa shape index (κ3) is 5.93. The largest absolute Gasteiger partial charge is 0.495 e. The van der Waals surface area contributed by atoms with Gasteiger partial charge in [-0.25, -0.2) is 42.2 Å². The number of ether oxygens (including phenoxy) is 1. The Kier molecular flexibility index (Phi) is 7.86. The summed E-state index contributed by atoms with van der Waals surface area (Å²) in [4.78, 5) is 25.4. The summed E-state index contributed by atoms with van der Waals surface area (Å²) >= 11 is 0. The fourth-order valence-electron chi connectivity index (χ4n) is 3.61. The lowest BCUT2D eigenvalue weighted by molar-refractivity contribution is -0.139. The maximum atomic E-state index is 13.8. The zero-order valence-electron chi connectivity index (χ0n) is 20.8. The Balaban J connectivity index is 1.71. The van der Waals surface area contributed by atoms with Crippen LogP contribution in [-0.4, -0.2) is 43.6 Å². The monoisotopic (exact) mass is 576 g/mol. The highest BCUT2D eigenvalue weighted by Gasteiger charge is 2.34. The van der Waals surface area contributed by atoms with Gasteiger partial charge in [0, 0.05) is 25.6 Å². The molecule has 0 spiro atoms. The van der Waals surface area contributed by atoms with Gasteiger partial charge in [0.1, 0.15) is 22.3 Å². The second kappa shape index (κ2) is 11.1. The van der Waals surface area contributed by atoms with E-state index in [-0.39, 0.29) is 39.2 Å². The normalized spacial score (nSPS) is 11.6. The molecule has 0 atom stereocenters. The van der Waals surface area contributed by atoms with Crippen molar-refractivity contribution >= 4 is 33.5 Å². The molecule has 0 saturated carbocycles. The smallest absolute Gasteiger partial charge is 0.419 e. The van der Waals surface area contributed by atoms with Gasteiger partial charge >= 0.3 is 12.2 Å². The Morgan fingerprint density at radius 3 is 2.25 bits per heavy atom. The van der Waals surface area contributed by atoms with Crippen LogP contribution >= 0.6 is 0 Å². The molecule has 0 fully saturated rings. The molecule has 0 bridgehead atoms. The van der Waals surface area contributed by atoms with E-state index >= 15 is 0 Å². The number of pyridine rings is 1. The van der Waals surface area contributed by atoms with Crippen LogP contribution in [0.4, 0.5) is 39.8 Å².